The Labute approximate surface area is 135 Å². The van der Waals surface area contributed by atoms with Crippen LogP contribution in [0.15, 0.2) is 12.4 Å². The van der Waals surface area contributed by atoms with Gasteiger partial charge in [-0.15, -0.1) is 0 Å². The molecule has 122 valence electrons. The van der Waals surface area contributed by atoms with Crippen molar-refractivity contribution in [2.24, 2.45) is 0 Å². The molecule has 3 heterocycles. The van der Waals surface area contributed by atoms with Crippen LogP contribution in [0.5, 0.6) is 0 Å². The van der Waals surface area contributed by atoms with Gasteiger partial charge >= 0.3 is 0 Å². The van der Waals surface area contributed by atoms with Crippen molar-refractivity contribution in [2.75, 3.05) is 11.9 Å². The first kappa shape index (κ1) is 15.5. The Bertz CT molecular complexity index is 815. The molecule has 0 aliphatic rings. The van der Waals surface area contributed by atoms with E-state index in [9.17, 15) is 0 Å². The van der Waals surface area contributed by atoms with Crippen LogP contribution in [0, 0.1) is 20.8 Å². The first-order chi connectivity index (χ1) is 11.1. The minimum Gasteiger partial charge on any atom is -0.368 e. The highest BCUT2D eigenvalue weighted by atomic mass is 15.3. The fourth-order valence-corrected chi connectivity index (χ4v) is 2.86. The lowest BCUT2D eigenvalue weighted by Gasteiger charge is -2.09. The van der Waals surface area contributed by atoms with Gasteiger partial charge < -0.3 is 5.32 Å². The van der Waals surface area contributed by atoms with Crippen molar-refractivity contribution in [3.8, 4) is 0 Å². The van der Waals surface area contributed by atoms with E-state index in [0.717, 1.165) is 54.3 Å². The van der Waals surface area contributed by atoms with E-state index < -0.39 is 0 Å². The zero-order valence-corrected chi connectivity index (χ0v) is 14.2. The second-order valence-corrected chi connectivity index (χ2v) is 5.75. The van der Waals surface area contributed by atoms with Crippen molar-refractivity contribution in [1.82, 2.24) is 29.5 Å². The number of aromatic nitrogens is 6. The molecule has 3 rings (SSSR count). The molecule has 0 saturated carbocycles. The Morgan fingerprint density at radius 2 is 1.91 bits per heavy atom. The van der Waals surface area contributed by atoms with Crippen molar-refractivity contribution in [3.63, 3.8) is 0 Å². The van der Waals surface area contributed by atoms with Crippen LogP contribution in [0.1, 0.15) is 30.4 Å². The lowest BCUT2D eigenvalue weighted by atomic mass is 10.3. The molecule has 0 bridgehead atoms. The zero-order valence-electron chi connectivity index (χ0n) is 14.2. The largest absolute Gasteiger partial charge is 0.368 e. The van der Waals surface area contributed by atoms with Gasteiger partial charge in [0, 0.05) is 25.3 Å². The second kappa shape index (κ2) is 6.36. The maximum Gasteiger partial charge on any atom is 0.155 e. The molecule has 0 amide bonds. The van der Waals surface area contributed by atoms with Gasteiger partial charge in [-0.05, 0) is 40.2 Å². The molecule has 3 aromatic heterocycles. The summed E-state index contributed by atoms with van der Waals surface area (Å²) < 4.78 is 4.00. The monoisotopic (exact) mass is 313 g/mol. The molecule has 7 heteroatoms. The van der Waals surface area contributed by atoms with E-state index in [1.54, 1.807) is 6.33 Å². The quantitative estimate of drug-likeness (QED) is 0.708. The Morgan fingerprint density at radius 3 is 2.61 bits per heavy atom. The molecule has 0 saturated heterocycles. The molecule has 0 aliphatic heterocycles. The molecule has 0 fully saturated rings. The SMILES string of the molecule is CCn1nc(C)c2ncnc(NCCCn3nc(C)cc3C)c21. The van der Waals surface area contributed by atoms with Crippen LogP contribution in [0.25, 0.3) is 11.0 Å². The van der Waals surface area contributed by atoms with Gasteiger partial charge in [-0.1, -0.05) is 0 Å². The van der Waals surface area contributed by atoms with Gasteiger partial charge in [-0.25, -0.2) is 9.97 Å². The fourth-order valence-electron chi connectivity index (χ4n) is 2.86. The number of hydrogen-bond acceptors (Lipinski definition) is 5. The summed E-state index contributed by atoms with van der Waals surface area (Å²) in [5, 5.41) is 12.4. The minimum atomic E-state index is 0.804. The Balaban J connectivity index is 1.69. The molecule has 0 unspecified atom stereocenters. The highest BCUT2D eigenvalue weighted by Crippen LogP contribution is 2.21. The Kier molecular flexibility index (Phi) is 4.27. The second-order valence-electron chi connectivity index (χ2n) is 5.75. The predicted octanol–water partition coefficient (Wildman–Crippen LogP) is 2.47. The minimum absolute atomic E-state index is 0.804. The number of aryl methyl sites for hydroxylation is 5. The molecule has 0 spiro atoms. The van der Waals surface area contributed by atoms with Crippen LogP contribution < -0.4 is 5.32 Å². The van der Waals surface area contributed by atoms with E-state index >= 15 is 0 Å². The standard InChI is InChI=1S/C16H23N7/c1-5-22-15-14(13(4)21-22)18-10-19-16(15)17-7-6-8-23-12(3)9-11(2)20-23/h9-10H,5-8H2,1-4H3,(H,17,18,19). The molecule has 23 heavy (non-hydrogen) atoms. The highest BCUT2D eigenvalue weighted by molar-refractivity contribution is 5.87. The highest BCUT2D eigenvalue weighted by Gasteiger charge is 2.12. The number of anilines is 1. The topological polar surface area (TPSA) is 73.5 Å². The molecule has 0 aromatic carbocycles. The third kappa shape index (κ3) is 3.04. The summed E-state index contributed by atoms with van der Waals surface area (Å²) >= 11 is 0. The summed E-state index contributed by atoms with van der Waals surface area (Å²) in [6.07, 6.45) is 2.58. The van der Waals surface area contributed by atoms with Gasteiger partial charge in [-0.2, -0.15) is 10.2 Å². The van der Waals surface area contributed by atoms with Crippen LogP contribution >= 0.6 is 0 Å². The van der Waals surface area contributed by atoms with Crippen LogP contribution in [0.4, 0.5) is 5.82 Å². The number of nitrogens with one attached hydrogen (secondary N) is 1. The summed E-state index contributed by atoms with van der Waals surface area (Å²) in [5.74, 6) is 0.853. The van der Waals surface area contributed by atoms with Crippen LogP contribution in [-0.4, -0.2) is 36.1 Å². The Morgan fingerprint density at radius 1 is 1.09 bits per heavy atom. The predicted molar refractivity (Wildman–Crippen MR) is 90.5 cm³/mol. The van der Waals surface area contributed by atoms with Crippen molar-refractivity contribution >= 4 is 16.9 Å². The third-order valence-electron chi connectivity index (χ3n) is 3.94. The zero-order chi connectivity index (χ0) is 16.4. The normalized spacial score (nSPS) is 11.3. The molecule has 0 aliphatic carbocycles. The van der Waals surface area contributed by atoms with E-state index in [1.165, 1.54) is 5.69 Å². The van der Waals surface area contributed by atoms with E-state index in [1.807, 2.05) is 23.2 Å². The molecule has 0 radical (unpaired) electrons. The van der Waals surface area contributed by atoms with Crippen molar-refractivity contribution < 1.29 is 0 Å². The number of rotatable bonds is 6. The summed E-state index contributed by atoms with van der Waals surface area (Å²) in [6, 6.07) is 2.10. The van der Waals surface area contributed by atoms with Crippen LogP contribution in [0.3, 0.4) is 0 Å². The Hall–Kier alpha value is -2.44. The molecule has 7 nitrogen and oxygen atoms in total. The summed E-state index contributed by atoms with van der Waals surface area (Å²) in [4.78, 5) is 8.74. The fraction of sp³-hybridized carbons (Fsp3) is 0.500. The number of nitrogens with zero attached hydrogens (tertiary/aromatic N) is 6. The number of fused-ring (bicyclic) bond motifs is 1. The van der Waals surface area contributed by atoms with Crippen molar-refractivity contribution in [3.05, 3.63) is 29.5 Å². The summed E-state index contributed by atoms with van der Waals surface area (Å²) in [6.45, 7) is 10.7. The van der Waals surface area contributed by atoms with Gasteiger partial charge in [0.05, 0.1) is 11.4 Å². The average Bonchev–Trinajstić information content (AvgIpc) is 3.03. The molecule has 1 N–H and O–H groups in total. The smallest absolute Gasteiger partial charge is 0.155 e. The van der Waals surface area contributed by atoms with E-state index in [4.69, 9.17) is 0 Å². The third-order valence-corrected chi connectivity index (χ3v) is 3.94. The van der Waals surface area contributed by atoms with Crippen LogP contribution in [-0.2, 0) is 13.1 Å². The summed E-state index contributed by atoms with van der Waals surface area (Å²) in [5.41, 5.74) is 5.11. The number of hydrogen-bond donors (Lipinski definition) is 1. The summed E-state index contributed by atoms with van der Waals surface area (Å²) in [7, 11) is 0. The first-order valence-corrected chi connectivity index (χ1v) is 8.03. The maximum absolute atomic E-state index is 4.52. The van der Waals surface area contributed by atoms with Gasteiger partial charge in [0.25, 0.3) is 0 Å². The molecule has 0 atom stereocenters. The van der Waals surface area contributed by atoms with Gasteiger partial charge in [0.1, 0.15) is 17.4 Å². The van der Waals surface area contributed by atoms with Crippen LogP contribution in [0.2, 0.25) is 0 Å². The van der Waals surface area contributed by atoms with E-state index in [-0.39, 0.29) is 0 Å². The lowest BCUT2D eigenvalue weighted by molar-refractivity contribution is 0.573. The van der Waals surface area contributed by atoms with Gasteiger partial charge in [0.15, 0.2) is 5.82 Å². The first-order valence-electron chi connectivity index (χ1n) is 8.03. The molecule has 3 aromatic rings. The van der Waals surface area contributed by atoms with Crippen molar-refractivity contribution in [2.45, 2.75) is 47.2 Å². The van der Waals surface area contributed by atoms with Gasteiger partial charge in [0.2, 0.25) is 0 Å². The van der Waals surface area contributed by atoms with E-state index in [2.05, 4.69) is 45.4 Å². The maximum atomic E-state index is 4.52. The molecular formula is C16H23N7. The average molecular weight is 313 g/mol. The van der Waals surface area contributed by atoms with Gasteiger partial charge in [-0.3, -0.25) is 9.36 Å². The lowest BCUT2D eigenvalue weighted by Crippen LogP contribution is -2.11. The molecular weight excluding hydrogens is 290 g/mol. The van der Waals surface area contributed by atoms with E-state index in [0.29, 0.717) is 0 Å². The van der Waals surface area contributed by atoms with Crippen molar-refractivity contribution in [1.29, 1.82) is 0 Å².